The fourth-order valence-corrected chi connectivity index (χ4v) is 2.59. The number of nitrogens with one attached hydrogen (secondary N) is 1. The fourth-order valence-electron chi connectivity index (χ4n) is 2.59. The number of ether oxygens (including phenoxy) is 3. The van der Waals surface area contributed by atoms with Crippen LogP contribution in [0.5, 0.6) is 5.75 Å². The van der Waals surface area contributed by atoms with Gasteiger partial charge in [-0.3, -0.25) is 0 Å². The third-order valence-electron chi connectivity index (χ3n) is 3.90. The van der Waals surface area contributed by atoms with E-state index in [1.807, 2.05) is 24.3 Å². The second-order valence-corrected chi connectivity index (χ2v) is 5.58. The number of rotatable bonds is 7. The SMILES string of the molecule is CCOC(=O)c1c(C)[nH]c(C(=O)OCCc2ccc(OC)cc2)c1C. The van der Waals surface area contributed by atoms with Gasteiger partial charge in [0.05, 0.1) is 25.9 Å². The second-order valence-electron chi connectivity index (χ2n) is 5.58. The lowest BCUT2D eigenvalue weighted by Gasteiger charge is -2.06. The van der Waals surface area contributed by atoms with Crippen LogP contribution < -0.4 is 4.74 Å². The van der Waals surface area contributed by atoms with Crippen LogP contribution in [0, 0.1) is 13.8 Å². The molecule has 0 radical (unpaired) electrons. The molecular formula is C19H23NO5. The number of esters is 2. The van der Waals surface area contributed by atoms with Crippen LogP contribution in [-0.4, -0.2) is 37.2 Å². The molecule has 0 aliphatic carbocycles. The average molecular weight is 345 g/mol. The zero-order valence-corrected chi connectivity index (χ0v) is 15.0. The maximum Gasteiger partial charge on any atom is 0.355 e. The standard InChI is InChI=1S/C19H23NO5/c1-5-24-18(21)16-12(2)17(20-13(16)3)19(22)25-11-10-14-6-8-15(23-4)9-7-14/h6-9,20H,5,10-11H2,1-4H3. The minimum Gasteiger partial charge on any atom is -0.497 e. The summed E-state index contributed by atoms with van der Waals surface area (Å²) in [6, 6.07) is 7.58. The summed E-state index contributed by atoms with van der Waals surface area (Å²) in [5, 5.41) is 0. The number of hydrogen-bond donors (Lipinski definition) is 1. The van der Waals surface area contributed by atoms with Crippen molar-refractivity contribution >= 4 is 11.9 Å². The lowest BCUT2D eigenvalue weighted by atomic mass is 10.1. The summed E-state index contributed by atoms with van der Waals surface area (Å²) in [4.78, 5) is 27.2. The van der Waals surface area contributed by atoms with E-state index in [-0.39, 0.29) is 18.9 Å². The van der Waals surface area contributed by atoms with E-state index in [2.05, 4.69) is 4.98 Å². The van der Waals surface area contributed by atoms with Crippen molar-refractivity contribution in [1.82, 2.24) is 4.98 Å². The van der Waals surface area contributed by atoms with Crippen LogP contribution in [0.25, 0.3) is 0 Å². The topological polar surface area (TPSA) is 77.6 Å². The molecule has 0 saturated heterocycles. The first-order chi connectivity index (χ1) is 12.0. The summed E-state index contributed by atoms with van der Waals surface area (Å²) in [6.07, 6.45) is 0.596. The number of carbonyl (C=O) groups excluding carboxylic acids is 2. The third kappa shape index (κ3) is 4.41. The summed E-state index contributed by atoms with van der Waals surface area (Å²) < 4.78 is 15.4. The first-order valence-corrected chi connectivity index (χ1v) is 8.14. The van der Waals surface area contributed by atoms with Gasteiger partial charge in [0.15, 0.2) is 0 Å². The molecule has 0 spiro atoms. The largest absolute Gasteiger partial charge is 0.497 e. The molecule has 0 unspecified atom stereocenters. The highest BCUT2D eigenvalue weighted by molar-refractivity contribution is 5.98. The van der Waals surface area contributed by atoms with Crippen molar-refractivity contribution in [3.05, 3.63) is 52.3 Å². The number of aryl methyl sites for hydroxylation is 1. The molecule has 1 aromatic carbocycles. The molecule has 1 N–H and O–H groups in total. The third-order valence-corrected chi connectivity index (χ3v) is 3.90. The Balaban J connectivity index is 1.98. The number of aromatic nitrogens is 1. The Morgan fingerprint density at radius 3 is 2.32 bits per heavy atom. The Morgan fingerprint density at radius 2 is 1.72 bits per heavy atom. The van der Waals surface area contributed by atoms with Gasteiger partial charge in [-0.1, -0.05) is 12.1 Å². The van der Waals surface area contributed by atoms with Gasteiger partial charge in [0.25, 0.3) is 0 Å². The van der Waals surface area contributed by atoms with Crippen molar-refractivity contribution < 1.29 is 23.8 Å². The molecule has 0 bridgehead atoms. The highest BCUT2D eigenvalue weighted by atomic mass is 16.5. The Labute approximate surface area is 147 Å². The lowest BCUT2D eigenvalue weighted by Crippen LogP contribution is -2.11. The summed E-state index contributed by atoms with van der Waals surface area (Å²) in [5.74, 6) is -0.139. The van der Waals surface area contributed by atoms with Gasteiger partial charge >= 0.3 is 11.9 Å². The molecule has 6 nitrogen and oxygen atoms in total. The van der Waals surface area contributed by atoms with E-state index in [0.29, 0.717) is 23.2 Å². The monoisotopic (exact) mass is 345 g/mol. The van der Waals surface area contributed by atoms with Crippen LogP contribution in [0.4, 0.5) is 0 Å². The molecule has 0 amide bonds. The van der Waals surface area contributed by atoms with Gasteiger partial charge in [-0.2, -0.15) is 0 Å². The number of aromatic amines is 1. The molecule has 1 aromatic heterocycles. The quantitative estimate of drug-likeness (QED) is 0.780. The molecule has 0 fully saturated rings. The minimum absolute atomic E-state index is 0.247. The fraction of sp³-hybridized carbons (Fsp3) is 0.368. The van der Waals surface area contributed by atoms with Gasteiger partial charge in [0, 0.05) is 12.1 Å². The Morgan fingerprint density at radius 1 is 1.04 bits per heavy atom. The molecule has 0 atom stereocenters. The zero-order valence-electron chi connectivity index (χ0n) is 15.0. The summed E-state index contributed by atoms with van der Waals surface area (Å²) >= 11 is 0. The van der Waals surface area contributed by atoms with Crippen LogP contribution in [-0.2, 0) is 15.9 Å². The summed E-state index contributed by atoms with van der Waals surface area (Å²) in [6.45, 7) is 5.70. The van der Waals surface area contributed by atoms with Crippen molar-refractivity contribution in [3.63, 3.8) is 0 Å². The van der Waals surface area contributed by atoms with E-state index in [9.17, 15) is 9.59 Å². The van der Waals surface area contributed by atoms with Crippen LogP contribution in [0.3, 0.4) is 0 Å². The van der Waals surface area contributed by atoms with E-state index >= 15 is 0 Å². The Hall–Kier alpha value is -2.76. The highest BCUT2D eigenvalue weighted by Crippen LogP contribution is 2.20. The van der Waals surface area contributed by atoms with Crippen molar-refractivity contribution in [2.75, 3.05) is 20.3 Å². The van der Waals surface area contributed by atoms with Crippen molar-refractivity contribution in [2.24, 2.45) is 0 Å². The highest BCUT2D eigenvalue weighted by Gasteiger charge is 2.23. The minimum atomic E-state index is -0.482. The van der Waals surface area contributed by atoms with Gasteiger partial charge in [0.2, 0.25) is 0 Å². The predicted molar refractivity (Wildman–Crippen MR) is 93.2 cm³/mol. The summed E-state index contributed by atoms with van der Waals surface area (Å²) in [7, 11) is 1.61. The number of benzene rings is 1. The number of hydrogen-bond acceptors (Lipinski definition) is 5. The Kier molecular flexibility index (Phi) is 6.22. The van der Waals surface area contributed by atoms with Gasteiger partial charge < -0.3 is 19.2 Å². The van der Waals surface area contributed by atoms with Crippen LogP contribution in [0.15, 0.2) is 24.3 Å². The van der Waals surface area contributed by atoms with Crippen LogP contribution in [0.2, 0.25) is 0 Å². The maximum atomic E-state index is 12.3. The van der Waals surface area contributed by atoms with E-state index < -0.39 is 11.9 Å². The van der Waals surface area contributed by atoms with Crippen LogP contribution in [0.1, 0.15) is 44.6 Å². The van der Waals surface area contributed by atoms with Crippen LogP contribution >= 0.6 is 0 Å². The smallest absolute Gasteiger partial charge is 0.355 e. The van der Waals surface area contributed by atoms with E-state index in [1.54, 1.807) is 27.9 Å². The number of H-pyrrole nitrogens is 1. The first-order valence-electron chi connectivity index (χ1n) is 8.14. The lowest BCUT2D eigenvalue weighted by molar-refractivity contribution is 0.0502. The molecule has 0 aliphatic rings. The maximum absolute atomic E-state index is 12.3. The molecule has 134 valence electrons. The molecule has 6 heteroatoms. The van der Waals surface area contributed by atoms with E-state index in [0.717, 1.165) is 11.3 Å². The zero-order chi connectivity index (χ0) is 18.4. The second kappa shape index (κ2) is 8.37. The molecular weight excluding hydrogens is 322 g/mol. The molecule has 2 aromatic rings. The van der Waals surface area contributed by atoms with Crippen molar-refractivity contribution in [3.8, 4) is 5.75 Å². The normalized spacial score (nSPS) is 10.4. The molecule has 25 heavy (non-hydrogen) atoms. The Bertz CT molecular complexity index is 746. The van der Waals surface area contributed by atoms with Crippen molar-refractivity contribution in [2.45, 2.75) is 27.2 Å². The number of methoxy groups -OCH3 is 1. The van der Waals surface area contributed by atoms with Gasteiger partial charge in [-0.05, 0) is 44.0 Å². The first kappa shape index (κ1) is 18.6. The molecule has 1 heterocycles. The summed E-state index contributed by atoms with van der Waals surface area (Å²) in [5.41, 5.74) is 2.86. The molecule has 0 aliphatic heterocycles. The van der Waals surface area contributed by atoms with Gasteiger partial charge in [-0.25, -0.2) is 9.59 Å². The predicted octanol–water partition coefficient (Wildman–Crippen LogP) is 3.22. The van der Waals surface area contributed by atoms with E-state index in [1.165, 1.54) is 0 Å². The van der Waals surface area contributed by atoms with E-state index in [4.69, 9.17) is 14.2 Å². The average Bonchev–Trinajstić information content (AvgIpc) is 2.90. The van der Waals surface area contributed by atoms with Crippen molar-refractivity contribution in [1.29, 1.82) is 0 Å². The number of carbonyl (C=O) groups is 2. The van der Waals surface area contributed by atoms with Gasteiger partial charge in [-0.15, -0.1) is 0 Å². The van der Waals surface area contributed by atoms with Gasteiger partial charge in [0.1, 0.15) is 11.4 Å². The molecule has 0 saturated carbocycles. The molecule has 2 rings (SSSR count).